The highest BCUT2D eigenvalue weighted by molar-refractivity contribution is 5.43. The van der Waals surface area contributed by atoms with E-state index in [1.165, 1.54) is 17.5 Å². The molecule has 2 aromatic carbocycles. The van der Waals surface area contributed by atoms with Crippen LogP contribution in [0.5, 0.6) is 5.75 Å². The van der Waals surface area contributed by atoms with Crippen LogP contribution in [-0.2, 0) is 0 Å². The molecule has 1 fully saturated rings. The number of hydrogen-bond donors (Lipinski definition) is 0. The second-order valence-electron chi connectivity index (χ2n) is 5.30. The second kappa shape index (κ2) is 4.39. The summed E-state index contributed by atoms with van der Waals surface area (Å²) in [5, 5.41) is 0. The molecule has 0 bridgehead atoms. The number of fused-ring (bicyclic) bond motifs is 2. The Bertz CT molecular complexity index is 581. The molecule has 0 spiro atoms. The normalized spacial score (nSPS) is 25.5. The molecular formula is C17H17NO. The summed E-state index contributed by atoms with van der Waals surface area (Å²) in [6.07, 6.45) is 2.61. The zero-order chi connectivity index (χ0) is 12.7. The maximum atomic E-state index is 6.13. The van der Waals surface area contributed by atoms with Crippen molar-refractivity contribution in [1.82, 2.24) is 4.90 Å². The van der Waals surface area contributed by atoms with Gasteiger partial charge in [-0.1, -0.05) is 48.5 Å². The van der Waals surface area contributed by atoms with Crippen LogP contribution in [0.3, 0.4) is 0 Å². The van der Waals surface area contributed by atoms with Crippen LogP contribution in [0.4, 0.5) is 0 Å². The largest absolute Gasteiger partial charge is 0.475 e. The van der Waals surface area contributed by atoms with Gasteiger partial charge in [-0.3, -0.25) is 4.90 Å². The molecule has 2 heterocycles. The first kappa shape index (κ1) is 11.1. The Morgan fingerprint density at radius 2 is 1.74 bits per heavy atom. The van der Waals surface area contributed by atoms with Gasteiger partial charge in [0.2, 0.25) is 0 Å². The van der Waals surface area contributed by atoms with Crippen LogP contribution in [0, 0.1) is 0 Å². The van der Waals surface area contributed by atoms with E-state index in [1.807, 2.05) is 0 Å². The van der Waals surface area contributed by atoms with Crippen molar-refractivity contribution in [3.05, 3.63) is 65.7 Å². The molecule has 2 aliphatic heterocycles. The molecule has 2 heteroatoms. The molecule has 0 amide bonds. The van der Waals surface area contributed by atoms with Gasteiger partial charge < -0.3 is 4.74 Å². The van der Waals surface area contributed by atoms with E-state index < -0.39 is 0 Å². The van der Waals surface area contributed by atoms with Gasteiger partial charge in [0.1, 0.15) is 5.75 Å². The van der Waals surface area contributed by atoms with Gasteiger partial charge >= 0.3 is 0 Å². The van der Waals surface area contributed by atoms with Crippen molar-refractivity contribution in [3.8, 4) is 5.75 Å². The summed E-state index contributed by atoms with van der Waals surface area (Å²) < 4.78 is 6.13. The number of ether oxygens (including phenoxy) is 1. The van der Waals surface area contributed by atoms with Gasteiger partial charge in [0.05, 0.1) is 6.04 Å². The lowest BCUT2D eigenvalue weighted by Gasteiger charge is -2.39. The molecule has 2 nitrogen and oxygen atoms in total. The van der Waals surface area contributed by atoms with Crippen LogP contribution in [0.25, 0.3) is 0 Å². The monoisotopic (exact) mass is 251 g/mol. The van der Waals surface area contributed by atoms with E-state index >= 15 is 0 Å². The molecule has 4 rings (SSSR count). The van der Waals surface area contributed by atoms with Gasteiger partial charge in [-0.15, -0.1) is 0 Å². The van der Waals surface area contributed by atoms with Gasteiger partial charge in [-0.25, -0.2) is 0 Å². The molecule has 2 aliphatic rings. The molecule has 0 saturated carbocycles. The summed E-state index contributed by atoms with van der Waals surface area (Å²) in [6.45, 7) is 1.12. The van der Waals surface area contributed by atoms with Crippen LogP contribution in [0.1, 0.15) is 30.0 Å². The molecule has 2 atom stereocenters. The van der Waals surface area contributed by atoms with Crippen LogP contribution >= 0.6 is 0 Å². The lowest BCUT2D eigenvalue weighted by molar-refractivity contribution is 0.0167. The molecule has 96 valence electrons. The van der Waals surface area contributed by atoms with Crippen molar-refractivity contribution < 1.29 is 4.74 Å². The van der Waals surface area contributed by atoms with Gasteiger partial charge in [0.25, 0.3) is 0 Å². The highest BCUT2D eigenvalue weighted by atomic mass is 16.5. The first-order valence-electron chi connectivity index (χ1n) is 7.00. The molecule has 2 aromatic rings. The Morgan fingerprint density at radius 1 is 0.947 bits per heavy atom. The average Bonchev–Trinajstić information content (AvgIpc) is 2.93. The topological polar surface area (TPSA) is 12.5 Å². The molecule has 0 aliphatic carbocycles. The van der Waals surface area contributed by atoms with Gasteiger partial charge in [0.15, 0.2) is 6.23 Å². The van der Waals surface area contributed by atoms with Crippen molar-refractivity contribution in [1.29, 1.82) is 0 Å². The predicted octanol–water partition coefficient (Wildman–Crippen LogP) is 3.59. The zero-order valence-electron chi connectivity index (χ0n) is 10.8. The third-order valence-corrected chi connectivity index (χ3v) is 4.16. The first-order valence-corrected chi connectivity index (χ1v) is 7.00. The molecule has 0 radical (unpaired) electrons. The van der Waals surface area contributed by atoms with E-state index in [-0.39, 0.29) is 6.23 Å². The number of nitrogens with zero attached hydrogens (tertiary/aromatic N) is 1. The quantitative estimate of drug-likeness (QED) is 0.768. The number of benzene rings is 2. The minimum Gasteiger partial charge on any atom is -0.475 e. The summed E-state index contributed by atoms with van der Waals surface area (Å²) in [7, 11) is 0. The fraction of sp³-hybridized carbons (Fsp3) is 0.294. The fourth-order valence-corrected chi connectivity index (χ4v) is 3.33. The van der Waals surface area contributed by atoms with Crippen molar-refractivity contribution in [2.45, 2.75) is 25.1 Å². The Morgan fingerprint density at radius 3 is 2.63 bits per heavy atom. The van der Waals surface area contributed by atoms with Crippen molar-refractivity contribution >= 4 is 0 Å². The first-order chi connectivity index (χ1) is 9.43. The van der Waals surface area contributed by atoms with E-state index in [0.717, 1.165) is 18.7 Å². The molecule has 0 unspecified atom stereocenters. The molecular weight excluding hydrogens is 234 g/mol. The third-order valence-electron chi connectivity index (χ3n) is 4.16. The summed E-state index contributed by atoms with van der Waals surface area (Å²) in [4.78, 5) is 2.50. The second-order valence-corrected chi connectivity index (χ2v) is 5.30. The molecule has 0 aromatic heterocycles. The SMILES string of the molecule is c1ccc([C@@H]2c3ccccc3O[C@H]3CCCN23)cc1. The van der Waals surface area contributed by atoms with Crippen molar-refractivity contribution in [3.63, 3.8) is 0 Å². The number of hydrogen-bond acceptors (Lipinski definition) is 2. The Hall–Kier alpha value is -1.80. The Balaban J connectivity index is 1.86. The standard InChI is InChI=1S/C17H17NO/c1-2-7-13(8-3-1)17-14-9-4-5-10-15(14)19-16-11-6-12-18(16)17/h1-5,7-10,16-17H,6,11-12H2/t16-,17+/m0/s1. The molecule has 19 heavy (non-hydrogen) atoms. The Labute approximate surface area is 113 Å². The van der Waals surface area contributed by atoms with Crippen LogP contribution in [0.2, 0.25) is 0 Å². The van der Waals surface area contributed by atoms with Crippen molar-refractivity contribution in [2.75, 3.05) is 6.54 Å². The summed E-state index contributed by atoms with van der Waals surface area (Å²) in [5.41, 5.74) is 2.66. The number of rotatable bonds is 1. The average molecular weight is 251 g/mol. The maximum Gasteiger partial charge on any atom is 0.153 e. The highest BCUT2D eigenvalue weighted by Gasteiger charge is 2.39. The minimum absolute atomic E-state index is 0.250. The summed E-state index contributed by atoms with van der Waals surface area (Å²) in [6, 6.07) is 19.6. The predicted molar refractivity (Wildman–Crippen MR) is 75.1 cm³/mol. The maximum absolute atomic E-state index is 6.13. The minimum atomic E-state index is 0.250. The number of para-hydroxylation sites is 1. The van der Waals surface area contributed by atoms with Crippen molar-refractivity contribution in [2.24, 2.45) is 0 Å². The molecule has 1 saturated heterocycles. The van der Waals surface area contributed by atoms with Crippen LogP contribution in [0.15, 0.2) is 54.6 Å². The Kier molecular flexibility index (Phi) is 2.56. The van der Waals surface area contributed by atoms with E-state index in [9.17, 15) is 0 Å². The smallest absolute Gasteiger partial charge is 0.153 e. The lowest BCUT2D eigenvalue weighted by atomic mass is 9.95. The van der Waals surface area contributed by atoms with Gasteiger partial charge in [0, 0.05) is 12.1 Å². The van der Waals surface area contributed by atoms with E-state index in [1.54, 1.807) is 0 Å². The fourth-order valence-electron chi connectivity index (χ4n) is 3.33. The van der Waals surface area contributed by atoms with Gasteiger partial charge in [-0.2, -0.15) is 0 Å². The third kappa shape index (κ3) is 1.75. The lowest BCUT2D eigenvalue weighted by Crippen LogP contribution is -2.41. The highest BCUT2D eigenvalue weighted by Crippen LogP contribution is 2.43. The summed E-state index contributed by atoms with van der Waals surface area (Å²) >= 11 is 0. The zero-order valence-corrected chi connectivity index (χ0v) is 10.8. The summed E-state index contributed by atoms with van der Waals surface area (Å²) in [5.74, 6) is 1.06. The van der Waals surface area contributed by atoms with Gasteiger partial charge in [-0.05, 0) is 24.5 Å². The van der Waals surface area contributed by atoms with Crippen LogP contribution < -0.4 is 4.74 Å². The van der Waals surface area contributed by atoms with E-state index in [0.29, 0.717) is 6.04 Å². The van der Waals surface area contributed by atoms with E-state index in [4.69, 9.17) is 4.74 Å². The van der Waals surface area contributed by atoms with Crippen LogP contribution in [-0.4, -0.2) is 17.7 Å². The molecule has 0 N–H and O–H groups in total. The van der Waals surface area contributed by atoms with E-state index in [2.05, 4.69) is 59.5 Å².